The van der Waals surface area contributed by atoms with E-state index in [0.717, 1.165) is 26.4 Å². The molecule has 3 aromatic heterocycles. The van der Waals surface area contributed by atoms with Crippen LogP contribution in [0.4, 0.5) is 0 Å². The molecule has 9 heteroatoms. The summed E-state index contributed by atoms with van der Waals surface area (Å²) in [6.07, 6.45) is 3.90. The minimum atomic E-state index is -1.00. The molecule has 0 fully saturated rings. The van der Waals surface area contributed by atoms with Crippen LogP contribution in [0.2, 0.25) is 0 Å². The number of carbonyl (C=O) groups is 1. The van der Waals surface area contributed by atoms with Gasteiger partial charge in [-0.25, -0.2) is 4.98 Å². The highest BCUT2D eigenvalue weighted by molar-refractivity contribution is 7.18. The maximum absolute atomic E-state index is 10.7. The van der Waals surface area contributed by atoms with Crippen molar-refractivity contribution in [2.75, 3.05) is 0 Å². The standard InChI is InChI=1S/C16H13N5O3S/c1-21-8-10(7-17-21)9-2-3-11-12(4-9)25-15(18-11)5-13-19-20-14(24-13)6-16(22)23/h2-4,7-8H,5-6H2,1H3,(H,22,23). The largest absolute Gasteiger partial charge is 0.481 e. The fourth-order valence-electron chi connectivity index (χ4n) is 2.49. The van der Waals surface area contributed by atoms with E-state index in [9.17, 15) is 4.79 Å². The maximum atomic E-state index is 10.7. The number of aliphatic carboxylic acids is 1. The van der Waals surface area contributed by atoms with Crippen molar-refractivity contribution >= 4 is 27.5 Å². The third kappa shape index (κ3) is 3.26. The minimum absolute atomic E-state index is 0.0995. The summed E-state index contributed by atoms with van der Waals surface area (Å²) in [6.45, 7) is 0. The Bertz CT molecular complexity index is 1060. The summed E-state index contributed by atoms with van der Waals surface area (Å²) < 4.78 is 8.17. The molecule has 0 aliphatic heterocycles. The molecule has 0 saturated heterocycles. The number of nitrogens with zero attached hydrogens (tertiary/aromatic N) is 5. The number of aryl methyl sites for hydroxylation is 1. The third-order valence-electron chi connectivity index (χ3n) is 3.58. The van der Waals surface area contributed by atoms with Crippen molar-refractivity contribution in [2.45, 2.75) is 12.8 Å². The molecule has 0 atom stereocenters. The number of aromatic nitrogens is 5. The molecule has 1 N–H and O–H groups in total. The molecule has 4 rings (SSSR count). The van der Waals surface area contributed by atoms with Crippen LogP contribution >= 0.6 is 11.3 Å². The zero-order valence-electron chi connectivity index (χ0n) is 13.2. The number of carboxylic acid groups (broad SMARTS) is 1. The molecule has 0 saturated carbocycles. The average Bonchev–Trinajstić information content (AvgIpc) is 3.26. The number of thiazole rings is 1. The average molecular weight is 355 g/mol. The van der Waals surface area contributed by atoms with Crippen LogP contribution in [0, 0.1) is 0 Å². The molecule has 0 radical (unpaired) electrons. The Hall–Kier alpha value is -3.07. The highest BCUT2D eigenvalue weighted by Gasteiger charge is 2.13. The summed E-state index contributed by atoms with van der Waals surface area (Å²) in [7, 11) is 1.88. The fraction of sp³-hybridized carbons (Fsp3) is 0.188. The van der Waals surface area contributed by atoms with Gasteiger partial charge in [-0.15, -0.1) is 21.5 Å². The normalized spacial score (nSPS) is 11.2. The van der Waals surface area contributed by atoms with E-state index in [0.29, 0.717) is 12.3 Å². The molecule has 4 aromatic rings. The Balaban J connectivity index is 1.58. The topological polar surface area (TPSA) is 107 Å². The van der Waals surface area contributed by atoms with Crippen molar-refractivity contribution in [2.24, 2.45) is 7.05 Å². The smallest absolute Gasteiger partial charge is 0.312 e. The van der Waals surface area contributed by atoms with Gasteiger partial charge in [-0.3, -0.25) is 9.48 Å². The van der Waals surface area contributed by atoms with Crippen LogP contribution in [0.15, 0.2) is 35.0 Å². The number of fused-ring (bicyclic) bond motifs is 1. The first-order valence-corrected chi connectivity index (χ1v) is 8.30. The first-order chi connectivity index (χ1) is 12.1. The summed E-state index contributed by atoms with van der Waals surface area (Å²) in [4.78, 5) is 15.2. The van der Waals surface area contributed by atoms with Crippen LogP contribution in [-0.2, 0) is 24.7 Å². The second-order valence-corrected chi connectivity index (χ2v) is 6.64. The lowest BCUT2D eigenvalue weighted by Gasteiger charge is -1.95. The number of carboxylic acids is 1. The molecular formula is C16H13N5O3S. The van der Waals surface area contributed by atoms with E-state index >= 15 is 0 Å². The number of hydrogen-bond acceptors (Lipinski definition) is 7. The van der Waals surface area contributed by atoms with Gasteiger partial charge in [0, 0.05) is 18.8 Å². The van der Waals surface area contributed by atoms with Crippen molar-refractivity contribution in [3.05, 3.63) is 47.4 Å². The number of rotatable bonds is 5. The van der Waals surface area contributed by atoms with Crippen LogP contribution in [0.3, 0.4) is 0 Å². The molecule has 3 heterocycles. The second kappa shape index (κ2) is 6.10. The monoisotopic (exact) mass is 355 g/mol. The van der Waals surface area contributed by atoms with Crippen LogP contribution < -0.4 is 0 Å². The molecule has 126 valence electrons. The zero-order valence-corrected chi connectivity index (χ0v) is 14.0. The Labute approximate surface area is 145 Å². The zero-order chi connectivity index (χ0) is 17.4. The third-order valence-corrected chi connectivity index (χ3v) is 4.60. The van der Waals surface area contributed by atoms with E-state index in [1.54, 1.807) is 16.0 Å². The van der Waals surface area contributed by atoms with Gasteiger partial charge >= 0.3 is 5.97 Å². The molecule has 0 bridgehead atoms. The molecule has 8 nitrogen and oxygen atoms in total. The lowest BCUT2D eigenvalue weighted by Crippen LogP contribution is -1.99. The molecule has 1 aromatic carbocycles. The number of benzene rings is 1. The molecular weight excluding hydrogens is 342 g/mol. The van der Waals surface area contributed by atoms with E-state index in [-0.39, 0.29) is 12.3 Å². The summed E-state index contributed by atoms with van der Waals surface area (Å²) in [5.74, 6) is -0.539. The Morgan fingerprint density at radius 3 is 2.88 bits per heavy atom. The van der Waals surface area contributed by atoms with Crippen molar-refractivity contribution in [1.29, 1.82) is 0 Å². The minimum Gasteiger partial charge on any atom is -0.481 e. The van der Waals surface area contributed by atoms with Crippen LogP contribution in [0.25, 0.3) is 21.3 Å². The van der Waals surface area contributed by atoms with Crippen molar-refractivity contribution < 1.29 is 14.3 Å². The highest BCUT2D eigenvalue weighted by atomic mass is 32.1. The summed E-state index contributed by atoms with van der Waals surface area (Å²) >= 11 is 1.55. The Morgan fingerprint density at radius 1 is 1.28 bits per heavy atom. The number of hydrogen-bond donors (Lipinski definition) is 1. The predicted molar refractivity (Wildman–Crippen MR) is 90.3 cm³/mol. The van der Waals surface area contributed by atoms with Gasteiger partial charge in [-0.1, -0.05) is 6.07 Å². The van der Waals surface area contributed by atoms with Crippen LogP contribution in [0.1, 0.15) is 16.8 Å². The van der Waals surface area contributed by atoms with E-state index in [4.69, 9.17) is 9.52 Å². The first-order valence-electron chi connectivity index (χ1n) is 7.48. The van der Waals surface area contributed by atoms with E-state index in [2.05, 4.69) is 26.3 Å². The van der Waals surface area contributed by atoms with Gasteiger partial charge in [-0.05, 0) is 17.7 Å². The molecule has 0 aliphatic carbocycles. The van der Waals surface area contributed by atoms with Crippen molar-refractivity contribution in [1.82, 2.24) is 25.0 Å². The van der Waals surface area contributed by atoms with Gasteiger partial charge in [0.05, 0.1) is 22.8 Å². The molecule has 0 aliphatic rings. The molecule has 0 amide bonds. The van der Waals surface area contributed by atoms with Gasteiger partial charge in [-0.2, -0.15) is 5.10 Å². The van der Waals surface area contributed by atoms with E-state index in [1.807, 2.05) is 31.6 Å². The summed E-state index contributed by atoms with van der Waals surface area (Å²) in [5.41, 5.74) is 3.03. The molecule has 0 spiro atoms. The van der Waals surface area contributed by atoms with E-state index in [1.165, 1.54) is 0 Å². The van der Waals surface area contributed by atoms with Gasteiger partial charge in [0.25, 0.3) is 0 Å². The fourth-order valence-corrected chi connectivity index (χ4v) is 3.49. The molecule has 0 unspecified atom stereocenters. The van der Waals surface area contributed by atoms with Crippen LogP contribution in [-0.4, -0.2) is 36.0 Å². The second-order valence-electron chi connectivity index (χ2n) is 5.53. The highest BCUT2D eigenvalue weighted by Crippen LogP contribution is 2.29. The summed E-state index contributed by atoms with van der Waals surface area (Å²) in [6, 6.07) is 6.07. The molecule has 25 heavy (non-hydrogen) atoms. The van der Waals surface area contributed by atoms with Gasteiger partial charge in [0.15, 0.2) is 0 Å². The lowest BCUT2D eigenvalue weighted by atomic mass is 10.1. The summed E-state index contributed by atoms with van der Waals surface area (Å²) in [5, 5.41) is 21.4. The Morgan fingerprint density at radius 2 is 2.12 bits per heavy atom. The van der Waals surface area contributed by atoms with Gasteiger partial charge < -0.3 is 9.52 Å². The quantitative estimate of drug-likeness (QED) is 0.585. The van der Waals surface area contributed by atoms with E-state index < -0.39 is 5.97 Å². The first kappa shape index (κ1) is 15.5. The van der Waals surface area contributed by atoms with Crippen LogP contribution in [0.5, 0.6) is 0 Å². The van der Waals surface area contributed by atoms with Gasteiger partial charge in [0.1, 0.15) is 11.4 Å². The lowest BCUT2D eigenvalue weighted by molar-refractivity contribution is -0.136. The Kier molecular flexibility index (Phi) is 3.77. The maximum Gasteiger partial charge on any atom is 0.312 e. The van der Waals surface area contributed by atoms with Crippen molar-refractivity contribution in [3.8, 4) is 11.1 Å². The van der Waals surface area contributed by atoms with Crippen molar-refractivity contribution in [3.63, 3.8) is 0 Å². The predicted octanol–water partition coefficient (Wildman–Crippen LogP) is 2.30. The van der Waals surface area contributed by atoms with Gasteiger partial charge in [0.2, 0.25) is 11.8 Å². The SMILES string of the molecule is Cn1cc(-c2ccc3nc(Cc4nnc(CC(=O)O)o4)sc3c2)cn1.